The summed E-state index contributed by atoms with van der Waals surface area (Å²) in [6.45, 7) is 2.22. The molecule has 3 nitrogen and oxygen atoms in total. The Balaban J connectivity index is 1.95. The lowest BCUT2D eigenvalue weighted by atomic mass is 9.89. The Morgan fingerprint density at radius 1 is 1.39 bits per heavy atom. The minimum Gasteiger partial charge on any atom is -0.267 e. The number of nitrogens with one attached hydrogen (secondary N) is 1. The van der Waals surface area contributed by atoms with E-state index in [1.165, 1.54) is 6.42 Å². The van der Waals surface area contributed by atoms with Gasteiger partial charge in [0, 0.05) is 16.3 Å². The summed E-state index contributed by atoms with van der Waals surface area (Å²) in [6, 6.07) is 6.79. The third kappa shape index (κ3) is 3.57. The van der Waals surface area contributed by atoms with Crippen LogP contribution in [0.3, 0.4) is 0 Å². The van der Waals surface area contributed by atoms with Gasteiger partial charge in [-0.15, -0.1) is 0 Å². The minimum atomic E-state index is -0.183. The summed E-state index contributed by atoms with van der Waals surface area (Å²) >= 11 is 5.77. The molecule has 1 N–H and O–H groups in total. The predicted octanol–water partition coefficient (Wildman–Crippen LogP) is 3.64. The first-order valence-electron chi connectivity index (χ1n) is 6.26. The zero-order chi connectivity index (χ0) is 13.0. The van der Waals surface area contributed by atoms with Gasteiger partial charge in [0.2, 0.25) is 0 Å². The maximum Gasteiger partial charge on any atom is 0.271 e. The van der Waals surface area contributed by atoms with Gasteiger partial charge in [-0.2, -0.15) is 5.10 Å². The number of hydrogen-bond donors (Lipinski definition) is 1. The number of carbonyl (C=O) groups excluding carboxylic acids is 1. The molecule has 1 aliphatic carbocycles. The van der Waals surface area contributed by atoms with E-state index >= 15 is 0 Å². The van der Waals surface area contributed by atoms with Crippen molar-refractivity contribution in [3.8, 4) is 0 Å². The highest BCUT2D eigenvalue weighted by Gasteiger charge is 2.14. The van der Waals surface area contributed by atoms with Crippen molar-refractivity contribution >= 4 is 23.2 Å². The zero-order valence-corrected chi connectivity index (χ0v) is 11.2. The fourth-order valence-corrected chi connectivity index (χ4v) is 2.28. The van der Waals surface area contributed by atoms with Crippen LogP contribution in [0.25, 0.3) is 0 Å². The maximum atomic E-state index is 11.8. The first-order valence-corrected chi connectivity index (χ1v) is 6.64. The van der Waals surface area contributed by atoms with Crippen LogP contribution in [0, 0.1) is 5.92 Å². The predicted molar refractivity (Wildman–Crippen MR) is 74.0 cm³/mol. The lowest BCUT2D eigenvalue weighted by molar-refractivity contribution is 0.0954. The molecule has 0 heterocycles. The van der Waals surface area contributed by atoms with E-state index in [4.69, 9.17) is 11.6 Å². The molecule has 0 spiro atoms. The van der Waals surface area contributed by atoms with E-state index in [0.717, 1.165) is 25.0 Å². The summed E-state index contributed by atoms with van der Waals surface area (Å²) in [6.07, 6.45) is 4.40. The topological polar surface area (TPSA) is 41.5 Å². The molecule has 1 fully saturated rings. The highest BCUT2D eigenvalue weighted by atomic mass is 35.5. The van der Waals surface area contributed by atoms with Crippen molar-refractivity contribution in [2.75, 3.05) is 0 Å². The van der Waals surface area contributed by atoms with Crippen LogP contribution >= 0.6 is 11.6 Å². The van der Waals surface area contributed by atoms with Crippen molar-refractivity contribution in [1.82, 2.24) is 5.43 Å². The van der Waals surface area contributed by atoms with Gasteiger partial charge in [-0.3, -0.25) is 4.79 Å². The van der Waals surface area contributed by atoms with Crippen LogP contribution in [-0.4, -0.2) is 11.6 Å². The molecule has 1 saturated carbocycles. The van der Waals surface area contributed by atoms with E-state index < -0.39 is 0 Å². The number of hydrazone groups is 1. The number of rotatable bonds is 2. The number of hydrogen-bond acceptors (Lipinski definition) is 2. The van der Waals surface area contributed by atoms with Gasteiger partial charge in [0.1, 0.15) is 0 Å². The molecular formula is C14H17ClN2O. The maximum absolute atomic E-state index is 11.8. The van der Waals surface area contributed by atoms with E-state index in [9.17, 15) is 4.79 Å². The van der Waals surface area contributed by atoms with Gasteiger partial charge in [-0.25, -0.2) is 5.43 Å². The monoisotopic (exact) mass is 264 g/mol. The average molecular weight is 265 g/mol. The smallest absolute Gasteiger partial charge is 0.267 e. The number of nitrogens with zero attached hydrogens (tertiary/aromatic N) is 1. The summed E-state index contributed by atoms with van der Waals surface area (Å²) in [4.78, 5) is 11.8. The molecule has 0 aliphatic heterocycles. The molecule has 0 bridgehead atoms. The van der Waals surface area contributed by atoms with Gasteiger partial charge in [0.15, 0.2) is 0 Å². The molecule has 18 heavy (non-hydrogen) atoms. The molecule has 1 aromatic rings. The van der Waals surface area contributed by atoms with Gasteiger partial charge in [-0.1, -0.05) is 18.5 Å². The van der Waals surface area contributed by atoms with Crippen molar-refractivity contribution in [2.45, 2.75) is 32.6 Å². The summed E-state index contributed by atoms with van der Waals surface area (Å²) in [5.74, 6) is 0.488. The average Bonchev–Trinajstić information content (AvgIpc) is 2.37. The second-order valence-corrected chi connectivity index (χ2v) is 5.26. The van der Waals surface area contributed by atoms with Crippen LogP contribution < -0.4 is 5.43 Å². The molecule has 1 aliphatic rings. The Kier molecular flexibility index (Phi) is 4.37. The van der Waals surface area contributed by atoms with Gasteiger partial charge >= 0.3 is 0 Å². The van der Waals surface area contributed by atoms with Crippen LogP contribution in [0.2, 0.25) is 5.02 Å². The molecule has 96 valence electrons. The van der Waals surface area contributed by atoms with Crippen LogP contribution in [0.15, 0.2) is 29.4 Å². The molecule has 1 aromatic carbocycles. The Bertz CT molecular complexity index is 453. The second-order valence-electron chi connectivity index (χ2n) is 4.83. The number of benzene rings is 1. The third-order valence-electron chi connectivity index (χ3n) is 3.17. The van der Waals surface area contributed by atoms with Crippen molar-refractivity contribution in [3.63, 3.8) is 0 Å². The first kappa shape index (κ1) is 13.1. The number of amides is 1. The summed E-state index contributed by atoms with van der Waals surface area (Å²) < 4.78 is 0. The molecule has 1 atom stereocenters. The highest BCUT2D eigenvalue weighted by Crippen LogP contribution is 2.21. The Hall–Kier alpha value is -1.35. The fraction of sp³-hybridized carbons (Fsp3) is 0.429. The largest absolute Gasteiger partial charge is 0.271 e. The Morgan fingerprint density at radius 3 is 2.78 bits per heavy atom. The van der Waals surface area contributed by atoms with E-state index in [0.29, 0.717) is 16.5 Å². The molecule has 0 unspecified atom stereocenters. The minimum absolute atomic E-state index is 0.183. The number of halogens is 1. The molecule has 0 aromatic heterocycles. The Labute approximate surface area is 112 Å². The standard InChI is InChI=1S/C14H17ClN2O/c1-10-3-2-4-13(9-10)16-17-14(18)11-5-7-12(15)8-6-11/h5-8,10H,2-4,9H2,1H3,(H,17,18)/b16-13+/t10-/m0/s1. The van der Waals surface area contributed by atoms with Crippen LogP contribution in [0.1, 0.15) is 43.0 Å². The van der Waals surface area contributed by atoms with Crippen LogP contribution in [-0.2, 0) is 0 Å². The van der Waals surface area contributed by atoms with Crippen molar-refractivity contribution in [2.24, 2.45) is 11.0 Å². The molecule has 2 rings (SSSR count). The SMILES string of the molecule is C[C@H]1CCC/C(=N\NC(=O)c2ccc(Cl)cc2)C1. The lowest BCUT2D eigenvalue weighted by Gasteiger charge is -2.18. The van der Waals surface area contributed by atoms with E-state index in [1.807, 2.05) is 0 Å². The van der Waals surface area contributed by atoms with Gasteiger partial charge in [0.05, 0.1) is 0 Å². The van der Waals surface area contributed by atoms with Crippen molar-refractivity contribution in [1.29, 1.82) is 0 Å². The summed E-state index contributed by atoms with van der Waals surface area (Å²) in [5, 5.41) is 4.84. The van der Waals surface area contributed by atoms with E-state index in [2.05, 4.69) is 17.5 Å². The van der Waals surface area contributed by atoms with E-state index in [-0.39, 0.29) is 5.91 Å². The second kappa shape index (κ2) is 6.01. The first-order chi connectivity index (χ1) is 8.65. The van der Waals surface area contributed by atoms with Gasteiger partial charge in [-0.05, 0) is 55.9 Å². The summed E-state index contributed by atoms with van der Waals surface area (Å²) in [7, 11) is 0. The Morgan fingerprint density at radius 2 is 2.11 bits per heavy atom. The third-order valence-corrected chi connectivity index (χ3v) is 3.42. The van der Waals surface area contributed by atoms with Crippen LogP contribution in [0.4, 0.5) is 0 Å². The van der Waals surface area contributed by atoms with E-state index in [1.54, 1.807) is 24.3 Å². The quantitative estimate of drug-likeness (QED) is 0.814. The normalized spacial score (nSPS) is 21.9. The summed E-state index contributed by atoms with van der Waals surface area (Å²) in [5.41, 5.74) is 4.28. The fourth-order valence-electron chi connectivity index (χ4n) is 2.16. The molecular weight excluding hydrogens is 248 g/mol. The van der Waals surface area contributed by atoms with Gasteiger partial charge in [0.25, 0.3) is 5.91 Å². The lowest BCUT2D eigenvalue weighted by Crippen LogP contribution is -2.22. The highest BCUT2D eigenvalue weighted by molar-refractivity contribution is 6.30. The molecule has 1 amide bonds. The molecule has 0 radical (unpaired) electrons. The van der Waals surface area contributed by atoms with Gasteiger partial charge < -0.3 is 0 Å². The molecule has 4 heteroatoms. The number of carbonyl (C=O) groups is 1. The van der Waals surface area contributed by atoms with Crippen molar-refractivity contribution in [3.05, 3.63) is 34.9 Å². The van der Waals surface area contributed by atoms with Crippen LogP contribution in [0.5, 0.6) is 0 Å². The molecule has 0 saturated heterocycles. The van der Waals surface area contributed by atoms with Crippen molar-refractivity contribution < 1.29 is 4.79 Å². The zero-order valence-electron chi connectivity index (χ0n) is 10.4.